The predicted octanol–water partition coefficient (Wildman–Crippen LogP) is 4.84. The van der Waals surface area contributed by atoms with Crippen LogP contribution in [0.25, 0.3) is 21.6 Å². The summed E-state index contributed by atoms with van der Waals surface area (Å²) in [5, 5.41) is 9.27. The van der Waals surface area contributed by atoms with Crippen LogP contribution >= 0.6 is 11.3 Å². The zero-order chi connectivity index (χ0) is 14.8. The predicted molar refractivity (Wildman–Crippen MR) is 89.1 cm³/mol. The van der Waals surface area contributed by atoms with Crippen LogP contribution in [0.2, 0.25) is 0 Å². The van der Waals surface area contributed by atoms with Gasteiger partial charge in [-0.25, -0.2) is 0 Å². The fourth-order valence-corrected chi connectivity index (χ4v) is 3.37. The van der Waals surface area contributed by atoms with Crippen LogP contribution in [-0.4, -0.2) is 0 Å². The van der Waals surface area contributed by atoms with Gasteiger partial charge in [0.15, 0.2) is 0 Å². The molecule has 0 radical (unpaired) electrons. The van der Waals surface area contributed by atoms with E-state index < -0.39 is 0 Å². The van der Waals surface area contributed by atoms with Crippen molar-refractivity contribution >= 4 is 17.0 Å². The Morgan fingerprint density at radius 2 is 1.62 bits per heavy atom. The molecule has 102 valence electrons. The van der Waals surface area contributed by atoms with E-state index in [4.69, 9.17) is 5.73 Å². The summed E-state index contributed by atoms with van der Waals surface area (Å²) < 4.78 is 0. The highest BCUT2D eigenvalue weighted by Crippen LogP contribution is 2.44. The van der Waals surface area contributed by atoms with Gasteiger partial charge in [0.05, 0.1) is 5.69 Å². The summed E-state index contributed by atoms with van der Waals surface area (Å²) >= 11 is 1.45. The van der Waals surface area contributed by atoms with Gasteiger partial charge in [-0.3, -0.25) is 0 Å². The van der Waals surface area contributed by atoms with Crippen molar-refractivity contribution in [2.24, 2.45) is 0 Å². The largest absolute Gasteiger partial charge is 0.396 e. The topological polar surface area (TPSA) is 49.8 Å². The van der Waals surface area contributed by atoms with Crippen LogP contribution in [0.5, 0.6) is 0 Å². The molecule has 0 amide bonds. The van der Waals surface area contributed by atoms with E-state index in [0.29, 0.717) is 10.6 Å². The lowest BCUT2D eigenvalue weighted by atomic mass is 10.0. The first-order chi connectivity index (χ1) is 10.2. The first kappa shape index (κ1) is 13.4. The van der Waals surface area contributed by atoms with Gasteiger partial charge in [-0.2, -0.15) is 5.26 Å². The molecule has 2 aromatic carbocycles. The van der Waals surface area contributed by atoms with Crippen molar-refractivity contribution in [1.82, 2.24) is 0 Å². The molecule has 0 fully saturated rings. The molecule has 3 aromatic rings. The van der Waals surface area contributed by atoms with E-state index in [2.05, 4.69) is 37.3 Å². The third-order valence-electron chi connectivity index (χ3n) is 3.42. The molecular formula is C18H14N2S. The van der Waals surface area contributed by atoms with Crippen LogP contribution in [0.1, 0.15) is 10.4 Å². The minimum Gasteiger partial charge on any atom is -0.396 e. The molecule has 2 nitrogen and oxygen atoms in total. The highest BCUT2D eigenvalue weighted by molar-refractivity contribution is 7.17. The first-order valence-corrected chi connectivity index (χ1v) is 7.47. The van der Waals surface area contributed by atoms with Gasteiger partial charge in [0.25, 0.3) is 0 Å². The van der Waals surface area contributed by atoms with Gasteiger partial charge in [0.2, 0.25) is 0 Å². The van der Waals surface area contributed by atoms with Gasteiger partial charge in [-0.15, -0.1) is 11.3 Å². The normalized spacial score (nSPS) is 10.3. The Balaban J connectivity index is 2.26. The van der Waals surface area contributed by atoms with Crippen LogP contribution in [-0.2, 0) is 0 Å². The summed E-state index contributed by atoms with van der Waals surface area (Å²) in [6.07, 6.45) is 0. The highest BCUT2D eigenvalue weighted by Gasteiger charge is 2.18. The molecule has 1 heterocycles. The summed E-state index contributed by atoms with van der Waals surface area (Å²) in [7, 11) is 0. The van der Waals surface area contributed by atoms with Crippen LogP contribution in [0.3, 0.4) is 0 Å². The van der Waals surface area contributed by atoms with Crippen molar-refractivity contribution < 1.29 is 0 Å². The second-order valence-electron chi connectivity index (χ2n) is 4.89. The van der Waals surface area contributed by atoms with E-state index in [9.17, 15) is 5.26 Å². The average molecular weight is 290 g/mol. The second kappa shape index (κ2) is 5.43. The van der Waals surface area contributed by atoms with E-state index in [0.717, 1.165) is 21.6 Å². The summed E-state index contributed by atoms with van der Waals surface area (Å²) in [6, 6.07) is 20.5. The molecule has 0 spiro atoms. The van der Waals surface area contributed by atoms with Gasteiger partial charge >= 0.3 is 0 Å². The fraction of sp³-hybridized carbons (Fsp3) is 0.0556. The van der Waals surface area contributed by atoms with Gasteiger partial charge in [-0.1, -0.05) is 60.2 Å². The molecule has 0 bridgehead atoms. The Bertz CT molecular complexity index is 809. The van der Waals surface area contributed by atoms with E-state index in [1.165, 1.54) is 16.9 Å². The number of nitrogen functional groups attached to an aromatic ring is 1. The average Bonchev–Trinajstić information content (AvgIpc) is 2.85. The lowest BCUT2D eigenvalue weighted by molar-refractivity contribution is 1.48. The van der Waals surface area contributed by atoms with Crippen LogP contribution < -0.4 is 5.73 Å². The van der Waals surface area contributed by atoms with Gasteiger partial charge in [0.1, 0.15) is 10.9 Å². The Hall–Kier alpha value is -2.57. The molecule has 0 aliphatic carbocycles. The van der Waals surface area contributed by atoms with Crippen LogP contribution in [0, 0.1) is 18.3 Å². The lowest BCUT2D eigenvalue weighted by Crippen LogP contribution is -1.89. The summed E-state index contributed by atoms with van der Waals surface area (Å²) in [5.41, 5.74) is 11.1. The molecule has 1 aromatic heterocycles. The quantitative estimate of drug-likeness (QED) is 0.733. The molecule has 3 heteroatoms. The number of aryl methyl sites for hydroxylation is 1. The second-order valence-corrected chi connectivity index (χ2v) is 5.91. The molecule has 0 saturated carbocycles. The number of benzene rings is 2. The Morgan fingerprint density at radius 1 is 0.952 bits per heavy atom. The maximum Gasteiger partial charge on any atom is 0.129 e. The third kappa shape index (κ3) is 2.42. The number of nitrogens with zero attached hydrogens (tertiary/aromatic N) is 1. The lowest BCUT2D eigenvalue weighted by Gasteiger charge is -2.06. The van der Waals surface area contributed by atoms with Crippen molar-refractivity contribution in [2.45, 2.75) is 6.92 Å². The molecule has 0 saturated heterocycles. The maximum atomic E-state index is 9.27. The summed E-state index contributed by atoms with van der Waals surface area (Å²) in [4.78, 5) is 1.62. The molecule has 3 rings (SSSR count). The zero-order valence-electron chi connectivity index (χ0n) is 11.6. The summed E-state index contributed by atoms with van der Waals surface area (Å²) in [5.74, 6) is 0. The van der Waals surface area contributed by atoms with Crippen LogP contribution in [0.15, 0.2) is 54.6 Å². The van der Waals surface area contributed by atoms with E-state index in [1.807, 2.05) is 30.3 Å². The molecule has 2 N–H and O–H groups in total. The third-order valence-corrected chi connectivity index (χ3v) is 4.58. The number of hydrogen-bond acceptors (Lipinski definition) is 3. The molecule has 0 aliphatic heterocycles. The number of thiophene rings is 1. The zero-order valence-corrected chi connectivity index (χ0v) is 12.4. The molecular weight excluding hydrogens is 276 g/mol. The Kier molecular flexibility index (Phi) is 3.47. The van der Waals surface area contributed by atoms with E-state index in [-0.39, 0.29) is 0 Å². The highest BCUT2D eigenvalue weighted by atomic mass is 32.1. The van der Waals surface area contributed by atoms with Crippen molar-refractivity contribution in [3.8, 4) is 27.6 Å². The molecule has 0 atom stereocenters. The van der Waals surface area contributed by atoms with Crippen molar-refractivity contribution in [2.75, 3.05) is 5.73 Å². The van der Waals surface area contributed by atoms with Gasteiger partial charge in [0, 0.05) is 10.4 Å². The maximum absolute atomic E-state index is 9.27. The number of hydrogen-bond donors (Lipinski definition) is 1. The molecule has 0 unspecified atom stereocenters. The number of rotatable bonds is 2. The smallest absolute Gasteiger partial charge is 0.129 e. The number of nitriles is 1. The van der Waals surface area contributed by atoms with Crippen molar-refractivity contribution in [3.63, 3.8) is 0 Å². The number of anilines is 1. The molecule has 0 aliphatic rings. The van der Waals surface area contributed by atoms with Crippen LogP contribution in [0.4, 0.5) is 5.69 Å². The van der Waals surface area contributed by atoms with Gasteiger partial charge < -0.3 is 5.73 Å². The SMILES string of the molecule is Cc1ccc(-c2sc(C#N)c(N)c2-c2ccccc2)cc1. The standard InChI is InChI=1S/C18H14N2S/c1-12-7-9-14(10-8-12)18-16(13-5-3-2-4-6-13)17(20)15(11-19)21-18/h2-10H,20H2,1H3. The minimum absolute atomic E-state index is 0.573. The monoisotopic (exact) mass is 290 g/mol. The van der Waals surface area contributed by atoms with E-state index >= 15 is 0 Å². The Labute approximate surface area is 128 Å². The first-order valence-electron chi connectivity index (χ1n) is 6.65. The minimum atomic E-state index is 0.573. The fourth-order valence-electron chi connectivity index (χ4n) is 2.33. The number of nitrogens with two attached hydrogens (primary N) is 1. The van der Waals surface area contributed by atoms with Crippen molar-refractivity contribution in [1.29, 1.82) is 5.26 Å². The van der Waals surface area contributed by atoms with E-state index in [1.54, 1.807) is 0 Å². The van der Waals surface area contributed by atoms with Crippen molar-refractivity contribution in [3.05, 3.63) is 65.0 Å². The molecule has 21 heavy (non-hydrogen) atoms. The van der Waals surface area contributed by atoms with Gasteiger partial charge in [-0.05, 0) is 18.1 Å². The summed E-state index contributed by atoms with van der Waals surface area (Å²) in [6.45, 7) is 2.06. The Morgan fingerprint density at radius 3 is 2.24 bits per heavy atom.